The molecule has 5 aromatic rings. The van der Waals surface area contributed by atoms with Crippen LogP contribution in [0, 0.1) is 0 Å². The predicted molar refractivity (Wildman–Crippen MR) is 163 cm³/mol. The molecule has 1 unspecified atom stereocenters. The van der Waals surface area contributed by atoms with Gasteiger partial charge in [-0.3, -0.25) is 13.9 Å². The lowest BCUT2D eigenvalue weighted by molar-refractivity contribution is 0.276. The van der Waals surface area contributed by atoms with E-state index in [2.05, 4.69) is 75.5 Å². The van der Waals surface area contributed by atoms with Crippen molar-refractivity contribution in [3.05, 3.63) is 71.3 Å². The molecule has 4 aromatic heterocycles. The molecule has 1 aromatic carbocycles. The number of likely N-dealkylation sites (N-methyl/N-ethyl adjacent to an activating group) is 1. The molecule has 3 N–H and O–H groups in total. The van der Waals surface area contributed by atoms with Crippen LogP contribution in [0.5, 0.6) is 0 Å². The van der Waals surface area contributed by atoms with Gasteiger partial charge in [0.25, 0.3) is 5.56 Å². The van der Waals surface area contributed by atoms with E-state index in [4.69, 9.17) is 9.97 Å². The van der Waals surface area contributed by atoms with E-state index < -0.39 is 0 Å². The molecule has 0 bridgehead atoms. The van der Waals surface area contributed by atoms with Gasteiger partial charge in [0.1, 0.15) is 23.0 Å². The second kappa shape index (κ2) is 11.4. The van der Waals surface area contributed by atoms with Gasteiger partial charge in [0, 0.05) is 62.3 Å². The Hall–Kier alpha value is -4.55. The molecule has 0 amide bonds. The van der Waals surface area contributed by atoms with E-state index in [-0.39, 0.29) is 18.1 Å². The molecule has 1 fully saturated rings. The third-order valence-corrected chi connectivity index (χ3v) is 8.02. The Morgan fingerprint density at radius 1 is 1.19 bits per heavy atom. The number of aliphatic hydroxyl groups excluding tert-OH is 1. The zero-order chi connectivity index (χ0) is 29.4. The van der Waals surface area contributed by atoms with Crippen molar-refractivity contribution >= 4 is 22.8 Å². The number of aryl methyl sites for hydroxylation is 1. The highest BCUT2D eigenvalue weighted by molar-refractivity contribution is 5.80. The van der Waals surface area contributed by atoms with Crippen LogP contribution in [0.2, 0.25) is 0 Å². The Morgan fingerprint density at radius 3 is 2.79 bits per heavy atom. The van der Waals surface area contributed by atoms with Gasteiger partial charge in [-0.1, -0.05) is 19.1 Å². The van der Waals surface area contributed by atoms with Crippen LogP contribution < -0.4 is 15.8 Å². The van der Waals surface area contributed by atoms with Gasteiger partial charge in [-0.2, -0.15) is 0 Å². The lowest BCUT2D eigenvalue weighted by Crippen LogP contribution is -2.31. The molecule has 12 nitrogen and oxygen atoms in total. The van der Waals surface area contributed by atoms with Gasteiger partial charge in [-0.15, -0.1) is 0 Å². The van der Waals surface area contributed by atoms with Crippen molar-refractivity contribution < 1.29 is 5.11 Å². The third-order valence-electron chi connectivity index (χ3n) is 8.02. The van der Waals surface area contributed by atoms with Crippen LogP contribution in [-0.4, -0.2) is 84.0 Å². The molecule has 1 aliphatic rings. The van der Waals surface area contributed by atoms with Crippen molar-refractivity contribution in [1.82, 2.24) is 39.0 Å². The highest BCUT2D eigenvalue weighted by atomic mass is 16.3. The first-order valence-corrected chi connectivity index (χ1v) is 14.2. The first-order chi connectivity index (χ1) is 20.3. The lowest BCUT2D eigenvalue weighted by atomic mass is 10.1. The van der Waals surface area contributed by atoms with Crippen LogP contribution >= 0.6 is 0 Å². The summed E-state index contributed by atoms with van der Waals surface area (Å²) in [6, 6.07) is 10.8. The molecule has 0 radical (unpaired) electrons. The van der Waals surface area contributed by atoms with Crippen molar-refractivity contribution in [2.75, 3.05) is 44.0 Å². The van der Waals surface area contributed by atoms with Crippen LogP contribution in [-0.2, 0) is 7.05 Å². The molecular formula is C30H36N10O2. The van der Waals surface area contributed by atoms with E-state index in [0.29, 0.717) is 35.5 Å². The fraction of sp³-hybridized carbons (Fsp3) is 0.367. The van der Waals surface area contributed by atoms with Gasteiger partial charge in [0.15, 0.2) is 5.82 Å². The summed E-state index contributed by atoms with van der Waals surface area (Å²) in [5.41, 5.74) is 4.13. The Balaban J connectivity index is 1.35. The summed E-state index contributed by atoms with van der Waals surface area (Å²) in [6.45, 7) is 4.16. The second-order valence-corrected chi connectivity index (χ2v) is 11.1. The van der Waals surface area contributed by atoms with Crippen molar-refractivity contribution in [2.24, 2.45) is 7.05 Å². The molecule has 0 aliphatic carbocycles. The number of aromatic nitrogens is 7. The molecule has 42 heavy (non-hydrogen) atoms. The minimum absolute atomic E-state index is 0.0181. The summed E-state index contributed by atoms with van der Waals surface area (Å²) >= 11 is 0. The van der Waals surface area contributed by atoms with E-state index in [1.807, 2.05) is 16.8 Å². The number of nitrogens with one attached hydrogen (secondary N) is 2. The molecule has 5 heterocycles. The number of aliphatic hydroxyl groups is 1. The SMILES string of the molecule is C[C@@H](CCO)c1nc(-c2cccc(N3CCC(N(C)C)C3)c2)c2cnc(Nc3ccnc(-c4c[nH]n(C)c4=O)n3)cn12. The van der Waals surface area contributed by atoms with E-state index in [9.17, 15) is 9.90 Å². The Morgan fingerprint density at radius 2 is 2.05 bits per heavy atom. The summed E-state index contributed by atoms with van der Waals surface area (Å²) in [4.78, 5) is 35.7. The normalized spacial score (nSPS) is 16.0. The van der Waals surface area contributed by atoms with Crippen molar-refractivity contribution in [3.8, 4) is 22.6 Å². The summed E-state index contributed by atoms with van der Waals surface area (Å²) in [6.07, 6.45) is 8.64. The molecular weight excluding hydrogens is 532 g/mol. The highest BCUT2D eigenvalue weighted by Gasteiger charge is 2.25. The fourth-order valence-corrected chi connectivity index (χ4v) is 5.52. The van der Waals surface area contributed by atoms with Crippen LogP contribution in [0.1, 0.15) is 31.5 Å². The van der Waals surface area contributed by atoms with Gasteiger partial charge < -0.3 is 25.3 Å². The first kappa shape index (κ1) is 27.6. The predicted octanol–water partition coefficient (Wildman–Crippen LogP) is 3.25. The number of nitrogens with zero attached hydrogens (tertiary/aromatic N) is 8. The largest absolute Gasteiger partial charge is 0.396 e. The van der Waals surface area contributed by atoms with Crippen LogP contribution in [0.3, 0.4) is 0 Å². The maximum absolute atomic E-state index is 12.4. The molecule has 1 aliphatic heterocycles. The Labute approximate surface area is 243 Å². The zero-order valence-corrected chi connectivity index (χ0v) is 24.3. The van der Waals surface area contributed by atoms with Crippen molar-refractivity contribution in [3.63, 3.8) is 0 Å². The summed E-state index contributed by atoms with van der Waals surface area (Å²) < 4.78 is 3.42. The van der Waals surface area contributed by atoms with E-state index in [1.54, 1.807) is 25.5 Å². The number of aromatic amines is 1. The monoisotopic (exact) mass is 568 g/mol. The molecule has 0 saturated carbocycles. The summed E-state index contributed by atoms with van der Waals surface area (Å²) in [7, 11) is 5.92. The Bertz CT molecular complexity index is 1770. The maximum Gasteiger partial charge on any atom is 0.277 e. The Kier molecular flexibility index (Phi) is 7.48. The van der Waals surface area contributed by atoms with Gasteiger partial charge >= 0.3 is 0 Å². The van der Waals surface area contributed by atoms with Crippen molar-refractivity contribution in [2.45, 2.75) is 31.7 Å². The van der Waals surface area contributed by atoms with Crippen molar-refractivity contribution in [1.29, 1.82) is 0 Å². The molecule has 1 saturated heterocycles. The van der Waals surface area contributed by atoms with Crippen LogP contribution in [0.25, 0.3) is 28.2 Å². The van der Waals surface area contributed by atoms with Gasteiger partial charge in [0.2, 0.25) is 0 Å². The summed E-state index contributed by atoms with van der Waals surface area (Å²) in [5.74, 6) is 2.26. The minimum Gasteiger partial charge on any atom is -0.396 e. The third kappa shape index (κ3) is 5.26. The first-order valence-electron chi connectivity index (χ1n) is 14.2. The molecule has 12 heteroatoms. The number of H-pyrrole nitrogens is 1. The summed E-state index contributed by atoms with van der Waals surface area (Å²) in [5, 5.41) is 15.8. The zero-order valence-electron chi connectivity index (χ0n) is 24.3. The molecule has 6 rings (SSSR count). The standard InChI is InChI=1S/C30H36N10O2/c1-19(10-13-41)29-36-27(20-6-5-7-21(14-20)39-12-9-22(17-39)37(2)3)24-16-32-26(18-40(24)29)34-25-8-11-31-28(35-25)23-15-33-38(4)30(23)42/h5-8,11,14-16,18-19,22,33,41H,9-10,12-13,17H2,1-4H3,(H,31,34,35)/t19-,22?/m0/s1. The second-order valence-electron chi connectivity index (χ2n) is 11.1. The van der Waals surface area contributed by atoms with Gasteiger partial charge in [-0.05, 0) is 45.1 Å². The molecule has 0 spiro atoms. The van der Waals surface area contributed by atoms with E-state index >= 15 is 0 Å². The van der Waals surface area contributed by atoms with E-state index in [0.717, 1.165) is 42.1 Å². The molecule has 2 atom stereocenters. The number of imidazole rings is 1. The quantitative estimate of drug-likeness (QED) is 0.245. The number of fused-ring (bicyclic) bond motifs is 1. The number of anilines is 3. The van der Waals surface area contributed by atoms with Gasteiger partial charge in [0.05, 0.1) is 23.6 Å². The van der Waals surface area contributed by atoms with Crippen LogP contribution in [0.4, 0.5) is 17.3 Å². The van der Waals surface area contributed by atoms with E-state index in [1.165, 1.54) is 10.4 Å². The average Bonchev–Trinajstić information content (AvgIpc) is 3.71. The smallest absolute Gasteiger partial charge is 0.277 e. The number of benzene rings is 1. The topological polar surface area (TPSA) is 133 Å². The molecule has 218 valence electrons. The minimum atomic E-state index is -0.202. The fourth-order valence-electron chi connectivity index (χ4n) is 5.52. The highest BCUT2D eigenvalue weighted by Crippen LogP contribution is 2.33. The average molecular weight is 569 g/mol. The number of hydrogen-bond acceptors (Lipinski definition) is 9. The number of hydrogen-bond donors (Lipinski definition) is 3. The van der Waals surface area contributed by atoms with Gasteiger partial charge in [-0.25, -0.2) is 19.9 Å². The lowest BCUT2D eigenvalue weighted by Gasteiger charge is -2.22. The van der Waals surface area contributed by atoms with Crippen LogP contribution in [0.15, 0.2) is 59.9 Å². The number of rotatable bonds is 9. The maximum atomic E-state index is 12.4.